The number of carbonyl (C=O) groups excluding carboxylic acids is 2. The number of hydrogen-bond acceptors (Lipinski definition) is 3. The summed E-state index contributed by atoms with van der Waals surface area (Å²) in [6, 6.07) is 4.24. The molecule has 27 heavy (non-hydrogen) atoms. The minimum Gasteiger partial charge on any atom is -0.466 e. The maximum Gasteiger partial charge on any atom is 0.318 e. The summed E-state index contributed by atoms with van der Waals surface area (Å²) >= 11 is 0. The lowest BCUT2D eigenvalue weighted by molar-refractivity contribution is -0.145. The van der Waals surface area contributed by atoms with Crippen LogP contribution in [0.2, 0.25) is 0 Å². The average molecular weight is 376 g/mol. The van der Waals surface area contributed by atoms with Crippen molar-refractivity contribution in [2.24, 2.45) is 0 Å². The second kappa shape index (κ2) is 8.81. The number of nitrogens with zero attached hydrogens (tertiary/aromatic N) is 2. The van der Waals surface area contributed by atoms with E-state index in [4.69, 9.17) is 4.74 Å². The highest BCUT2D eigenvalue weighted by Gasteiger charge is 2.39. The molecule has 150 valence electrons. The molecule has 1 aromatic rings. The Morgan fingerprint density at radius 3 is 2.70 bits per heavy atom. The number of amides is 2. The van der Waals surface area contributed by atoms with Gasteiger partial charge in [-0.2, -0.15) is 0 Å². The molecule has 6 nitrogen and oxygen atoms in total. The van der Waals surface area contributed by atoms with E-state index in [0.717, 1.165) is 51.5 Å². The van der Waals surface area contributed by atoms with Gasteiger partial charge in [-0.15, -0.1) is 0 Å². The van der Waals surface area contributed by atoms with Crippen LogP contribution in [0.25, 0.3) is 0 Å². The van der Waals surface area contributed by atoms with E-state index in [9.17, 15) is 9.59 Å². The summed E-state index contributed by atoms with van der Waals surface area (Å²) in [4.78, 5) is 27.4. The smallest absolute Gasteiger partial charge is 0.318 e. The van der Waals surface area contributed by atoms with Gasteiger partial charge in [0.1, 0.15) is 0 Å². The molecule has 1 saturated carbocycles. The van der Waals surface area contributed by atoms with Crippen molar-refractivity contribution in [2.45, 2.75) is 83.3 Å². The summed E-state index contributed by atoms with van der Waals surface area (Å²) in [7, 11) is 0. The highest BCUT2D eigenvalue weighted by Crippen LogP contribution is 2.34. The zero-order valence-corrected chi connectivity index (χ0v) is 16.7. The van der Waals surface area contributed by atoms with Crippen molar-refractivity contribution in [3.8, 4) is 0 Å². The molecular weight excluding hydrogens is 342 g/mol. The molecule has 0 spiro atoms. The van der Waals surface area contributed by atoms with Crippen molar-refractivity contribution >= 4 is 12.0 Å². The van der Waals surface area contributed by atoms with Gasteiger partial charge in [0.2, 0.25) is 0 Å². The second-order valence-corrected chi connectivity index (χ2v) is 7.88. The molecule has 2 amide bonds. The highest BCUT2D eigenvalue weighted by atomic mass is 16.5. The topological polar surface area (TPSA) is 63.6 Å². The molecule has 0 bridgehead atoms. The Balaban J connectivity index is 1.75. The van der Waals surface area contributed by atoms with Crippen LogP contribution in [0.5, 0.6) is 0 Å². The molecule has 2 aliphatic rings. The van der Waals surface area contributed by atoms with E-state index in [2.05, 4.69) is 35.1 Å². The molecule has 1 N–H and O–H groups in total. The summed E-state index contributed by atoms with van der Waals surface area (Å²) in [6.07, 6.45) is 9.28. The molecule has 0 unspecified atom stereocenters. The van der Waals surface area contributed by atoms with Gasteiger partial charge in [0, 0.05) is 25.0 Å². The molecule has 3 rings (SSSR count). The number of carbonyl (C=O) groups is 2. The zero-order chi connectivity index (χ0) is 19.3. The number of nitrogens with one attached hydrogen (secondary N) is 1. The lowest BCUT2D eigenvalue weighted by Gasteiger charge is -2.42. The fourth-order valence-corrected chi connectivity index (χ4v) is 4.65. The fraction of sp³-hybridized carbons (Fsp3) is 0.714. The van der Waals surface area contributed by atoms with Crippen molar-refractivity contribution < 1.29 is 14.3 Å². The monoisotopic (exact) mass is 375 g/mol. The quantitative estimate of drug-likeness (QED) is 0.764. The van der Waals surface area contributed by atoms with Gasteiger partial charge >= 0.3 is 12.0 Å². The number of rotatable bonds is 6. The minimum atomic E-state index is -0.461. The van der Waals surface area contributed by atoms with Crippen molar-refractivity contribution in [2.75, 3.05) is 13.2 Å². The van der Waals surface area contributed by atoms with Gasteiger partial charge in [0.25, 0.3) is 0 Å². The molecule has 1 aromatic heterocycles. The lowest BCUT2D eigenvalue weighted by Crippen LogP contribution is -2.57. The van der Waals surface area contributed by atoms with Crippen molar-refractivity contribution in [3.05, 3.63) is 24.0 Å². The molecule has 2 heterocycles. The van der Waals surface area contributed by atoms with Crippen LogP contribution in [0.4, 0.5) is 4.79 Å². The van der Waals surface area contributed by atoms with Crippen LogP contribution in [0, 0.1) is 0 Å². The van der Waals surface area contributed by atoms with Crippen LogP contribution in [0.1, 0.15) is 76.9 Å². The summed E-state index contributed by atoms with van der Waals surface area (Å²) in [5, 5.41) is 3.28. The molecule has 0 radical (unpaired) electrons. The fourth-order valence-electron chi connectivity index (χ4n) is 4.65. The molecule has 1 atom stereocenters. The summed E-state index contributed by atoms with van der Waals surface area (Å²) in [5.74, 6) is -0.211. The predicted octanol–water partition coefficient (Wildman–Crippen LogP) is 4.01. The van der Waals surface area contributed by atoms with Crippen LogP contribution >= 0.6 is 0 Å². The molecule has 1 fully saturated rings. The third-order valence-electron chi connectivity index (χ3n) is 5.96. The normalized spacial score (nSPS) is 21.4. The number of esters is 1. The Bertz CT molecular complexity index is 649. The second-order valence-electron chi connectivity index (χ2n) is 7.88. The van der Waals surface area contributed by atoms with E-state index in [1.165, 1.54) is 5.69 Å². The largest absolute Gasteiger partial charge is 0.466 e. The SMILES string of the molecule is CCC[C@H]1c2cccn2CCN1C(=O)NC1(CC(=O)OCC)CCCCC1. The third kappa shape index (κ3) is 4.47. The van der Waals surface area contributed by atoms with Gasteiger partial charge in [0.15, 0.2) is 0 Å². The van der Waals surface area contributed by atoms with E-state index in [1.54, 1.807) is 0 Å². The maximum atomic E-state index is 13.3. The van der Waals surface area contributed by atoms with Crippen molar-refractivity contribution in [3.63, 3.8) is 0 Å². The number of hydrogen-bond donors (Lipinski definition) is 1. The van der Waals surface area contributed by atoms with E-state index in [0.29, 0.717) is 13.2 Å². The van der Waals surface area contributed by atoms with Gasteiger partial charge in [-0.1, -0.05) is 32.6 Å². The number of aromatic nitrogens is 1. The van der Waals surface area contributed by atoms with Crippen molar-refractivity contribution in [1.82, 2.24) is 14.8 Å². The van der Waals surface area contributed by atoms with Gasteiger partial charge in [-0.05, 0) is 38.3 Å². The van der Waals surface area contributed by atoms with Crippen LogP contribution in [-0.4, -0.2) is 40.2 Å². The van der Waals surface area contributed by atoms with Gasteiger partial charge in [-0.3, -0.25) is 4.79 Å². The first-order valence-corrected chi connectivity index (χ1v) is 10.5. The molecule has 1 aliphatic heterocycles. The first kappa shape index (κ1) is 19.8. The Hall–Kier alpha value is -1.98. The number of ether oxygens (including phenoxy) is 1. The van der Waals surface area contributed by atoms with E-state index >= 15 is 0 Å². The van der Waals surface area contributed by atoms with E-state index < -0.39 is 5.54 Å². The molecule has 0 saturated heterocycles. The number of urea groups is 1. The Morgan fingerprint density at radius 2 is 2.00 bits per heavy atom. The average Bonchev–Trinajstić information content (AvgIpc) is 3.12. The molecule has 6 heteroatoms. The number of fused-ring (bicyclic) bond motifs is 1. The highest BCUT2D eigenvalue weighted by molar-refractivity contribution is 5.78. The Morgan fingerprint density at radius 1 is 1.22 bits per heavy atom. The summed E-state index contributed by atoms with van der Waals surface area (Å²) < 4.78 is 7.43. The van der Waals surface area contributed by atoms with E-state index in [1.807, 2.05) is 11.8 Å². The Labute approximate surface area is 162 Å². The Kier molecular flexibility index (Phi) is 6.45. The van der Waals surface area contributed by atoms with Gasteiger partial charge in [-0.25, -0.2) is 4.79 Å². The van der Waals surface area contributed by atoms with E-state index in [-0.39, 0.29) is 24.5 Å². The van der Waals surface area contributed by atoms with Crippen LogP contribution in [0.3, 0.4) is 0 Å². The molecule has 1 aliphatic carbocycles. The van der Waals surface area contributed by atoms with Crippen LogP contribution in [-0.2, 0) is 16.1 Å². The standard InChI is InChI=1S/C21H33N3O3/c1-3-9-18-17-10-8-13-23(17)14-15-24(18)20(26)22-21(11-6-5-7-12-21)16-19(25)27-4-2/h8,10,13,18H,3-7,9,11-12,14-16H2,1-2H3,(H,22,26)/t18-/m0/s1. The van der Waals surface area contributed by atoms with Crippen LogP contribution < -0.4 is 5.32 Å². The summed E-state index contributed by atoms with van der Waals surface area (Å²) in [5.41, 5.74) is 0.749. The van der Waals surface area contributed by atoms with Gasteiger partial charge < -0.3 is 19.5 Å². The van der Waals surface area contributed by atoms with Crippen LogP contribution in [0.15, 0.2) is 18.3 Å². The lowest BCUT2D eigenvalue weighted by atomic mass is 9.79. The minimum absolute atomic E-state index is 0.0351. The van der Waals surface area contributed by atoms with Crippen molar-refractivity contribution in [1.29, 1.82) is 0 Å². The van der Waals surface area contributed by atoms with Gasteiger partial charge in [0.05, 0.1) is 24.6 Å². The summed E-state index contributed by atoms with van der Waals surface area (Å²) in [6.45, 7) is 5.88. The zero-order valence-electron chi connectivity index (χ0n) is 16.7. The molecule has 0 aromatic carbocycles. The third-order valence-corrected chi connectivity index (χ3v) is 5.96. The first-order chi connectivity index (χ1) is 13.1. The maximum absolute atomic E-state index is 13.3. The first-order valence-electron chi connectivity index (χ1n) is 10.5. The molecular formula is C21H33N3O3. The predicted molar refractivity (Wildman–Crippen MR) is 104 cm³/mol.